The lowest BCUT2D eigenvalue weighted by molar-refractivity contribution is -0.140. The normalized spacial score (nSPS) is 33.2. The summed E-state index contributed by atoms with van der Waals surface area (Å²) in [4.78, 5) is 14.5. The molecule has 3 nitrogen and oxygen atoms in total. The second-order valence-corrected chi connectivity index (χ2v) is 8.19. The molecule has 3 heteroatoms. The van der Waals surface area contributed by atoms with E-state index in [9.17, 15) is 9.90 Å². The second kappa shape index (κ2) is 5.00. The summed E-state index contributed by atoms with van der Waals surface area (Å²) in [7, 11) is 0. The molecule has 2 aliphatic heterocycles. The third kappa shape index (κ3) is 1.71. The zero-order valence-corrected chi connectivity index (χ0v) is 14.5. The van der Waals surface area contributed by atoms with Gasteiger partial charge in [-0.25, -0.2) is 4.79 Å². The van der Waals surface area contributed by atoms with E-state index in [1.165, 1.54) is 27.6 Å². The summed E-state index contributed by atoms with van der Waals surface area (Å²) >= 11 is 0. The number of fused-ring (bicyclic) bond motifs is 6. The van der Waals surface area contributed by atoms with Crippen molar-refractivity contribution in [2.24, 2.45) is 11.8 Å². The molecule has 130 valence electrons. The van der Waals surface area contributed by atoms with Crippen LogP contribution in [0.15, 0.2) is 54.6 Å². The minimum absolute atomic E-state index is 0.143. The summed E-state index contributed by atoms with van der Waals surface area (Å²) in [5, 5.41) is 12.7. The van der Waals surface area contributed by atoms with Gasteiger partial charge in [-0.15, -0.1) is 0 Å². The van der Waals surface area contributed by atoms with Gasteiger partial charge in [0.1, 0.15) is 6.04 Å². The number of carboxylic acid groups (broad SMARTS) is 1. The molecule has 0 saturated carbocycles. The quantitative estimate of drug-likeness (QED) is 0.778. The standard InChI is InChI=1S/C23H21NO2/c25-23(26)22-18-10-4-9-17(18)20-16-7-2-1-5-13(16)11-19-15-8-3-6-14(15)12-24(22)21(19)20/h1-5,7-9,11,14-15,17-18,22H,6,10,12H2,(H,25,26)/t14-,15+,17+,18-,22+/m1/s1. The van der Waals surface area contributed by atoms with E-state index in [4.69, 9.17) is 0 Å². The number of hydrogen-bond donors (Lipinski definition) is 1. The molecule has 0 saturated heterocycles. The molecule has 0 amide bonds. The molecule has 0 unspecified atom stereocenters. The molecule has 4 aliphatic rings. The number of nitrogens with zero attached hydrogens (tertiary/aromatic N) is 1. The number of hydrogen-bond acceptors (Lipinski definition) is 2. The summed E-state index contributed by atoms with van der Waals surface area (Å²) in [6.45, 7) is 0.857. The topological polar surface area (TPSA) is 40.5 Å². The highest BCUT2D eigenvalue weighted by Gasteiger charge is 2.50. The zero-order chi connectivity index (χ0) is 17.4. The van der Waals surface area contributed by atoms with Crippen molar-refractivity contribution in [1.82, 2.24) is 0 Å². The van der Waals surface area contributed by atoms with Gasteiger partial charge in [-0.2, -0.15) is 0 Å². The van der Waals surface area contributed by atoms with Crippen LogP contribution in [0.25, 0.3) is 10.8 Å². The van der Waals surface area contributed by atoms with Gasteiger partial charge in [-0.1, -0.05) is 48.6 Å². The van der Waals surface area contributed by atoms with Crippen LogP contribution in [0.2, 0.25) is 0 Å². The Morgan fingerprint density at radius 2 is 1.88 bits per heavy atom. The van der Waals surface area contributed by atoms with Crippen molar-refractivity contribution in [1.29, 1.82) is 0 Å². The maximum atomic E-state index is 12.3. The molecular formula is C23H21NO2. The third-order valence-corrected chi connectivity index (χ3v) is 7.00. The predicted molar refractivity (Wildman–Crippen MR) is 103 cm³/mol. The fourth-order valence-corrected chi connectivity index (χ4v) is 6.00. The Hall–Kier alpha value is -2.55. The molecular weight excluding hydrogens is 322 g/mol. The molecule has 2 aromatic carbocycles. The Bertz CT molecular complexity index is 1000. The van der Waals surface area contributed by atoms with Crippen molar-refractivity contribution in [3.8, 4) is 0 Å². The van der Waals surface area contributed by atoms with Crippen LogP contribution in [0.5, 0.6) is 0 Å². The van der Waals surface area contributed by atoms with Gasteiger partial charge in [0.2, 0.25) is 0 Å². The molecule has 0 spiro atoms. The lowest BCUT2D eigenvalue weighted by atomic mass is 9.70. The zero-order valence-electron chi connectivity index (χ0n) is 14.5. The molecule has 0 bridgehead atoms. The fraction of sp³-hybridized carbons (Fsp3) is 0.348. The number of carboxylic acids is 1. The molecule has 0 fully saturated rings. The summed E-state index contributed by atoms with van der Waals surface area (Å²) in [6, 6.07) is 10.5. The number of aliphatic carboxylic acids is 1. The molecule has 2 aliphatic carbocycles. The van der Waals surface area contributed by atoms with Gasteiger partial charge in [0.15, 0.2) is 0 Å². The smallest absolute Gasteiger partial charge is 0.326 e. The van der Waals surface area contributed by atoms with Gasteiger partial charge in [0.25, 0.3) is 0 Å². The van der Waals surface area contributed by atoms with Crippen molar-refractivity contribution in [3.63, 3.8) is 0 Å². The first-order valence-electron chi connectivity index (χ1n) is 9.62. The van der Waals surface area contributed by atoms with Crippen LogP contribution in [-0.4, -0.2) is 23.7 Å². The van der Waals surface area contributed by atoms with E-state index in [-0.39, 0.29) is 11.8 Å². The Morgan fingerprint density at radius 3 is 2.77 bits per heavy atom. The Balaban J connectivity index is 1.72. The Kier molecular flexibility index (Phi) is 2.81. The van der Waals surface area contributed by atoms with Crippen molar-refractivity contribution in [3.05, 3.63) is 65.8 Å². The molecule has 6 rings (SSSR count). The molecule has 26 heavy (non-hydrogen) atoms. The molecule has 0 radical (unpaired) electrons. The number of carbonyl (C=O) groups is 1. The highest BCUT2D eigenvalue weighted by Crippen LogP contribution is 2.56. The van der Waals surface area contributed by atoms with E-state index in [1.54, 1.807) is 0 Å². The van der Waals surface area contributed by atoms with Crippen molar-refractivity contribution >= 4 is 22.4 Å². The largest absolute Gasteiger partial charge is 0.480 e. The first-order chi connectivity index (χ1) is 12.7. The van der Waals surface area contributed by atoms with E-state index >= 15 is 0 Å². The van der Waals surface area contributed by atoms with Crippen LogP contribution >= 0.6 is 0 Å². The highest BCUT2D eigenvalue weighted by atomic mass is 16.4. The minimum atomic E-state index is -0.669. The van der Waals surface area contributed by atoms with Gasteiger partial charge in [-0.3, -0.25) is 0 Å². The van der Waals surface area contributed by atoms with E-state index in [2.05, 4.69) is 59.5 Å². The third-order valence-electron chi connectivity index (χ3n) is 7.00. The van der Waals surface area contributed by atoms with E-state index < -0.39 is 12.0 Å². The first kappa shape index (κ1) is 14.6. The summed E-state index contributed by atoms with van der Waals surface area (Å²) in [5.41, 5.74) is 3.93. The van der Waals surface area contributed by atoms with Crippen LogP contribution < -0.4 is 4.90 Å². The monoisotopic (exact) mass is 343 g/mol. The fourth-order valence-electron chi connectivity index (χ4n) is 6.00. The molecule has 2 heterocycles. The maximum absolute atomic E-state index is 12.3. The number of rotatable bonds is 1. The summed E-state index contributed by atoms with van der Waals surface area (Å²) in [6.07, 6.45) is 11.0. The average molecular weight is 343 g/mol. The van der Waals surface area contributed by atoms with Crippen LogP contribution in [0.1, 0.15) is 35.8 Å². The van der Waals surface area contributed by atoms with Gasteiger partial charge >= 0.3 is 5.97 Å². The van der Waals surface area contributed by atoms with Gasteiger partial charge < -0.3 is 10.0 Å². The van der Waals surface area contributed by atoms with Crippen LogP contribution in [0, 0.1) is 11.8 Å². The summed E-state index contributed by atoms with van der Waals surface area (Å²) in [5.74, 6) is 0.627. The minimum Gasteiger partial charge on any atom is -0.480 e. The van der Waals surface area contributed by atoms with E-state index in [0.717, 1.165) is 19.4 Å². The first-order valence-corrected chi connectivity index (χ1v) is 9.62. The summed E-state index contributed by atoms with van der Waals surface area (Å²) < 4.78 is 0. The van der Waals surface area contributed by atoms with Crippen LogP contribution in [0.3, 0.4) is 0 Å². The molecule has 0 aromatic heterocycles. The Labute approximate surface area is 152 Å². The highest BCUT2D eigenvalue weighted by molar-refractivity contribution is 5.96. The lowest BCUT2D eigenvalue weighted by Gasteiger charge is -2.49. The number of benzene rings is 2. The van der Waals surface area contributed by atoms with Gasteiger partial charge in [0, 0.05) is 30.0 Å². The average Bonchev–Trinajstić information content (AvgIpc) is 3.30. The second-order valence-electron chi connectivity index (χ2n) is 8.19. The lowest BCUT2D eigenvalue weighted by Crippen LogP contribution is -2.54. The van der Waals surface area contributed by atoms with Crippen molar-refractivity contribution in [2.45, 2.75) is 30.7 Å². The molecule has 5 atom stereocenters. The van der Waals surface area contributed by atoms with Crippen molar-refractivity contribution in [2.75, 3.05) is 11.4 Å². The van der Waals surface area contributed by atoms with Gasteiger partial charge in [0.05, 0.1) is 0 Å². The maximum Gasteiger partial charge on any atom is 0.326 e. The predicted octanol–water partition coefficient (Wildman–Crippen LogP) is 4.45. The number of allylic oxidation sites excluding steroid dienone is 4. The molecule has 1 N–H and O–H groups in total. The van der Waals surface area contributed by atoms with Crippen LogP contribution in [0.4, 0.5) is 5.69 Å². The Morgan fingerprint density at radius 1 is 1.08 bits per heavy atom. The van der Waals surface area contributed by atoms with Crippen molar-refractivity contribution < 1.29 is 9.90 Å². The SMILES string of the molecule is O=C(O)[C@@H]1[C@@H]2CC=C[C@@H]2c2c3c(cc4ccccc24)[C@H]2C=CC[C@@H]2CN31. The molecule has 2 aromatic rings. The van der Waals surface area contributed by atoms with Gasteiger partial charge in [-0.05, 0) is 46.7 Å². The van der Waals surface area contributed by atoms with Crippen LogP contribution in [-0.2, 0) is 4.79 Å². The van der Waals surface area contributed by atoms with E-state index in [1.807, 2.05) is 0 Å². The number of anilines is 1. The van der Waals surface area contributed by atoms with E-state index in [0.29, 0.717) is 11.8 Å².